The van der Waals surface area contributed by atoms with Crippen molar-refractivity contribution in [3.8, 4) is 17.2 Å². The molecule has 2 aromatic rings. The normalized spacial score (nSPS) is 16.5. The van der Waals surface area contributed by atoms with Gasteiger partial charge in [0.25, 0.3) is 5.91 Å². The van der Waals surface area contributed by atoms with Crippen LogP contribution in [0.2, 0.25) is 5.02 Å². The highest BCUT2D eigenvalue weighted by Crippen LogP contribution is 2.38. The van der Waals surface area contributed by atoms with Gasteiger partial charge in [-0.15, -0.1) is 5.10 Å². The van der Waals surface area contributed by atoms with Crippen LogP contribution in [0.3, 0.4) is 0 Å². The molecule has 1 amide bonds. The third-order valence-electron chi connectivity index (χ3n) is 4.99. The number of ether oxygens (including phenoxy) is 3. The first-order valence-electron chi connectivity index (χ1n) is 10.6. The fraction of sp³-hybridized carbons (Fsp3) is 0.217. The number of hydrogen-bond acceptors (Lipinski definition) is 9. The number of thioether (sulfide) groups is 1. The fourth-order valence-electron chi connectivity index (χ4n) is 3.17. The summed E-state index contributed by atoms with van der Waals surface area (Å²) in [5.74, 6) is 0.184. The van der Waals surface area contributed by atoms with Crippen LogP contribution in [-0.2, 0) is 14.6 Å². The Morgan fingerprint density at radius 1 is 1.17 bits per heavy atom. The molecule has 0 fully saturated rings. The van der Waals surface area contributed by atoms with Crippen LogP contribution in [0.25, 0.3) is 6.08 Å². The molecular formula is C23H21ClN4O6S2. The first-order chi connectivity index (χ1) is 17.2. The zero-order chi connectivity index (χ0) is 25.9. The maximum absolute atomic E-state index is 12.6. The van der Waals surface area contributed by atoms with Gasteiger partial charge in [0.2, 0.25) is 19.4 Å². The molecule has 13 heteroatoms. The van der Waals surface area contributed by atoms with E-state index in [1.165, 1.54) is 20.1 Å². The molecule has 0 radical (unpaired) electrons. The van der Waals surface area contributed by atoms with E-state index in [2.05, 4.69) is 10.1 Å². The molecule has 1 N–H and O–H groups in total. The number of benzene rings is 2. The summed E-state index contributed by atoms with van der Waals surface area (Å²) in [5, 5.41) is 13.7. The molecule has 0 unspecified atom stereocenters. The highest BCUT2D eigenvalue weighted by Gasteiger charge is 2.39. The van der Waals surface area contributed by atoms with Gasteiger partial charge in [-0.3, -0.25) is 10.2 Å². The number of nitrogens with one attached hydrogen (secondary N) is 1. The number of fused-ring (bicyclic) bond motifs is 1. The average molecular weight is 549 g/mol. The lowest BCUT2D eigenvalue weighted by Gasteiger charge is -2.20. The summed E-state index contributed by atoms with van der Waals surface area (Å²) < 4.78 is 40.9. The molecule has 0 bridgehead atoms. The molecule has 0 spiro atoms. The number of para-hydroxylation sites is 1. The van der Waals surface area contributed by atoms with Gasteiger partial charge in [0.1, 0.15) is 19.0 Å². The summed E-state index contributed by atoms with van der Waals surface area (Å²) in [4.78, 5) is 16.5. The minimum absolute atomic E-state index is 0.0197. The van der Waals surface area contributed by atoms with Crippen molar-refractivity contribution in [1.29, 1.82) is 5.41 Å². The number of hydrazone groups is 1. The van der Waals surface area contributed by atoms with Crippen molar-refractivity contribution in [2.24, 2.45) is 10.1 Å². The summed E-state index contributed by atoms with van der Waals surface area (Å²) in [5.41, 5.74) is 0.370. The van der Waals surface area contributed by atoms with E-state index in [1.807, 2.05) is 30.3 Å². The van der Waals surface area contributed by atoms with Gasteiger partial charge in [-0.25, -0.2) is 8.42 Å². The van der Waals surface area contributed by atoms with Gasteiger partial charge < -0.3 is 14.2 Å². The van der Waals surface area contributed by atoms with E-state index in [0.29, 0.717) is 22.8 Å². The zero-order valence-electron chi connectivity index (χ0n) is 19.2. The summed E-state index contributed by atoms with van der Waals surface area (Å²) >= 11 is 7.17. The number of halogens is 1. The van der Waals surface area contributed by atoms with Crippen LogP contribution in [0.1, 0.15) is 12.5 Å². The monoisotopic (exact) mass is 548 g/mol. The van der Waals surface area contributed by atoms with E-state index < -0.39 is 15.7 Å². The molecule has 0 atom stereocenters. The summed E-state index contributed by atoms with van der Waals surface area (Å²) in [6.07, 6.45) is 1.41. The van der Waals surface area contributed by atoms with Crippen LogP contribution in [0.4, 0.5) is 0 Å². The number of carbonyl (C=O) groups is 1. The van der Waals surface area contributed by atoms with Crippen molar-refractivity contribution in [2.75, 3.05) is 26.1 Å². The van der Waals surface area contributed by atoms with E-state index in [9.17, 15) is 13.2 Å². The lowest BCUT2D eigenvalue weighted by atomic mass is 10.1. The van der Waals surface area contributed by atoms with Crippen LogP contribution in [0.15, 0.2) is 58.1 Å². The van der Waals surface area contributed by atoms with E-state index in [1.54, 1.807) is 12.1 Å². The summed E-state index contributed by atoms with van der Waals surface area (Å²) in [7, 11) is -2.16. The van der Waals surface area contributed by atoms with Gasteiger partial charge in [0, 0.05) is 0 Å². The smallest absolute Gasteiger partial charge is 0.283 e. The predicted octanol–water partition coefficient (Wildman–Crippen LogP) is 3.82. The van der Waals surface area contributed by atoms with Crippen LogP contribution in [0.5, 0.6) is 17.2 Å². The second-order valence-corrected chi connectivity index (χ2v) is 11.1. The van der Waals surface area contributed by atoms with Crippen molar-refractivity contribution in [3.63, 3.8) is 0 Å². The molecule has 36 heavy (non-hydrogen) atoms. The number of hydrogen-bond donors (Lipinski definition) is 1. The van der Waals surface area contributed by atoms with Gasteiger partial charge in [0.15, 0.2) is 17.3 Å². The Labute approximate surface area is 217 Å². The van der Waals surface area contributed by atoms with Crippen LogP contribution < -0.4 is 14.2 Å². The number of nitrogens with zero attached hydrogens (tertiary/aromatic N) is 3. The molecule has 0 aromatic heterocycles. The number of rotatable bonds is 8. The molecule has 10 nitrogen and oxygen atoms in total. The number of amides is 1. The van der Waals surface area contributed by atoms with Crippen molar-refractivity contribution >= 4 is 60.6 Å². The Bertz CT molecular complexity index is 1410. The number of amidine groups is 2. The van der Waals surface area contributed by atoms with Crippen LogP contribution in [0, 0.1) is 5.41 Å². The number of aliphatic imine (C=N–C) groups is 1. The number of methoxy groups -OCH3 is 1. The highest BCUT2D eigenvalue weighted by molar-refractivity contribution is 8.42. The van der Waals surface area contributed by atoms with E-state index in [4.69, 9.17) is 31.2 Å². The fourth-order valence-corrected chi connectivity index (χ4v) is 5.61. The topological polar surface area (TPSA) is 131 Å². The van der Waals surface area contributed by atoms with Crippen molar-refractivity contribution in [1.82, 2.24) is 5.01 Å². The molecule has 4 rings (SSSR count). The van der Waals surface area contributed by atoms with Gasteiger partial charge in [0.05, 0.1) is 23.5 Å². The molecule has 2 aromatic carbocycles. The molecule has 2 aliphatic rings. The third kappa shape index (κ3) is 5.40. The van der Waals surface area contributed by atoms with Gasteiger partial charge in [-0.2, -0.15) is 10.0 Å². The van der Waals surface area contributed by atoms with Crippen LogP contribution >= 0.6 is 23.4 Å². The zero-order valence-corrected chi connectivity index (χ0v) is 21.6. The molecule has 0 saturated carbocycles. The maximum Gasteiger partial charge on any atom is 0.283 e. The predicted molar refractivity (Wildman–Crippen MR) is 140 cm³/mol. The van der Waals surface area contributed by atoms with E-state index in [0.717, 1.165) is 16.8 Å². The van der Waals surface area contributed by atoms with Gasteiger partial charge in [-0.05, 0) is 47.7 Å². The Balaban J connectivity index is 1.53. The molecule has 188 valence electrons. The minimum Gasteiger partial charge on any atom is -0.493 e. The Morgan fingerprint density at radius 3 is 2.58 bits per heavy atom. The Kier molecular flexibility index (Phi) is 7.67. The minimum atomic E-state index is -3.61. The molecular weight excluding hydrogens is 528 g/mol. The Morgan fingerprint density at radius 2 is 1.89 bits per heavy atom. The molecule has 0 saturated heterocycles. The first kappa shape index (κ1) is 25.7. The Hall–Kier alpha value is -3.35. The largest absolute Gasteiger partial charge is 0.493 e. The lowest BCUT2D eigenvalue weighted by molar-refractivity contribution is -0.114. The van der Waals surface area contributed by atoms with Gasteiger partial charge >= 0.3 is 0 Å². The highest BCUT2D eigenvalue weighted by atomic mass is 35.5. The van der Waals surface area contributed by atoms with E-state index in [-0.39, 0.29) is 44.9 Å². The SMILES string of the molecule is CCS(=O)(=O)C1=NN2C(=N)/C(=C/c3cc(Cl)c(OCCOc4ccccc4)c(OC)c3)C(=O)N=C2S1. The van der Waals surface area contributed by atoms with Gasteiger partial charge in [-0.1, -0.05) is 36.7 Å². The third-order valence-corrected chi connectivity index (χ3v) is 8.36. The molecule has 2 aliphatic heterocycles. The number of sulfone groups is 1. The standard InChI is InChI=1S/C23H21ClN4O6S2/c1-3-36(30,31)23-27-28-20(25)16(21(29)26-22(28)35-23)11-14-12-17(24)19(18(13-14)32-2)34-10-9-33-15-7-5-4-6-8-15/h4-8,11-13,25H,3,9-10H2,1-2H3/b16-11-,25-20?. The first-order valence-corrected chi connectivity index (χ1v) is 13.5. The molecule has 2 heterocycles. The van der Waals surface area contributed by atoms with Crippen molar-refractivity contribution in [3.05, 3.63) is 58.6 Å². The van der Waals surface area contributed by atoms with Crippen LogP contribution in [-0.4, -0.2) is 60.8 Å². The second kappa shape index (κ2) is 10.7. The number of carbonyl (C=O) groups excluding carboxylic acids is 1. The van der Waals surface area contributed by atoms with Crippen molar-refractivity contribution < 1.29 is 27.4 Å². The lowest BCUT2D eigenvalue weighted by Crippen LogP contribution is -2.35. The van der Waals surface area contributed by atoms with Crippen molar-refractivity contribution in [2.45, 2.75) is 6.92 Å². The molecule has 0 aliphatic carbocycles. The quantitative estimate of drug-likeness (QED) is 0.389. The maximum atomic E-state index is 12.6. The summed E-state index contributed by atoms with van der Waals surface area (Å²) in [6.45, 7) is 1.98. The average Bonchev–Trinajstić information content (AvgIpc) is 3.31. The second-order valence-electron chi connectivity index (χ2n) is 7.33. The summed E-state index contributed by atoms with van der Waals surface area (Å²) in [6, 6.07) is 12.5. The van der Waals surface area contributed by atoms with E-state index >= 15 is 0 Å².